The quantitative estimate of drug-likeness (QED) is 0.684. The largest absolute Gasteiger partial charge is 0.480 e. The maximum absolute atomic E-state index is 11.4. The third-order valence-corrected chi connectivity index (χ3v) is 1.90. The van der Waals surface area contributed by atoms with Crippen LogP contribution >= 0.6 is 0 Å². The lowest BCUT2D eigenvalue weighted by molar-refractivity contribution is -0.138. The van der Waals surface area contributed by atoms with Crippen molar-refractivity contribution in [2.24, 2.45) is 5.73 Å². The van der Waals surface area contributed by atoms with Gasteiger partial charge >= 0.3 is 11.9 Å². The average Bonchev–Trinajstić information content (AvgIpc) is 2.29. The van der Waals surface area contributed by atoms with Gasteiger partial charge in [0.15, 0.2) is 0 Å². The van der Waals surface area contributed by atoms with Crippen LogP contribution in [0.4, 0.5) is 0 Å². The third kappa shape index (κ3) is 3.66. The Kier molecular flexibility index (Phi) is 4.41. The minimum atomic E-state index is -1.11. The highest BCUT2D eigenvalue weighted by molar-refractivity contribution is 5.89. The van der Waals surface area contributed by atoms with Gasteiger partial charge in [0.25, 0.3) is 0 Å². The van der Waals surface area contributed by atoms with Crippen molar-refractivity contribution in [1.82, 2.24) is 4.98 Å². The molecule has 6 heteroatoms. The number of ether oxygens (including phenoxy) is 1. The fourth-order valence-electron chi connectivity index (χ4n) is 0.973. The van der Waals surface area contributed by atoms with E-state index in [4.69, 9.17) is 15.6 Å². The van der Waals surface area contributed by atoms with Gasteiger partial charge in [-0.1, -0.05) is 0 Å². The molecule has 0 saturated heterocycles. The first-order valence-corrected chi connectivity index (χ1v) is 4.67. The Bertz CT molecular complexity index is 366. The summed E-state index contributed by atoms with van der Waals surface area (Å²) in [6.07, 6.45) is 3.03. The molecule has 0 aliphatic rings. The van der Waals surface area contributed by atoms with E-state index < -0.39 is 18.0 Å². The van der Waals surface area contributed by atoms with Gasteiger partial charge in [-0.2, -0.15) is 0 Å². The van der Waals surface area contributed by atoms with Gasteiger partial charge in [0, 0.05) is 18.8 Å². The Morgan fingerprint density at radius 1 is 1.44 bits per heavy atom. The average molecular weight is 224 g/mol. The lowest BCUT2D eigenvalue weighted by Crippen LogP contribution is -2.31. The monoisotopic (exact) mass is 224 g/mol. The van der Waals surface area contributed by atoms with Crippen LogP contribution in [0.25, 0.3) is 0 Å². The number of esters is 1. The van der Waals surface area contributed by atoms with Crippen molar-refractivity contribution < 1.29 is 19.4 Å². The molecular weight excluding hydrogens is 212 g/mol. The molecule has 0 aromatic carbocycles. The third-order valence-electron chi connectivity index (χ3n) is 1.90. The molecular formula is C10H12N2O4. The summed E-state index contributed by atoms with van der Waals surface area (Å²) in [6, 6.07) is 2.02. The van der Waals surface area contributed by atoms with Gasteiger partial charge in [-0.25, -0.2) is 4.79 Å². The first kappa shape index (κ1) is 12.1. The van der Waals surface area contributed by atoms with E-state index in [9.17, 15) is 9.59 Å². The maximum Gasteiger partial charge on any atom is 0.338 e. The number of aliphatic carboxylic acids is 1. The molecule has 0 spiro atoms. The van der Waals surface area contributed by atoms with Crippen LogP contribution < -0.4 is 5.73 Å². The summed E-state index contributed by atoms with van der Waals surface area (Å²) in [5, 5.41) is 8.49. The number of hydrogen-bond acceptors (Lipinski definition) is 5. The normalized spacial score (nSPS) is 11.8. The molecule has 86 valence electrons. The molecule has 3 N–H and O–H groups in total. The van der Waals surface area contributed by atoms with Crippen LogP contribution in [0.1, 0.15) is 16.8 Å². The number of aromatic nitrogens is 1. The van der Waals surface area contributed by atoms with Crippen molar-refractivity contribution in [2.75, 3.05) is 6.61 Å². The molecule has 0 aliphatic carbocycles. The molecule has 16 heavy (non-hydrogen) atoms. The second-order valence-corrected chi connectivity index (χ2v) is 3.11. The zero-order valence-electron chi connectivity index (χ0n) is 8.50. The summed E-state index contributed by atoms with van der Waals surface area (Å²) in [5.41, 5.74) is 5.61. The Labute approximate surface area is 92.0 Å². The number of carbonyl (C=O) groups is 2. The number of hydrogen-bond donors (Lipinski definition) is 2. The summed E-state index contributed by atoms with van der Waals surface area (Å²) in [5.74, 6) is -1.63. The van der Waals surface area contributed by atoms with Gasteiger partial charge in [0.05, 0.1) is 12.2 Å². The number of nitrogens with two attached hydrogens (primary N) is 1. The van der Waals surface area contributed by atoms with Crippen molar-refractivity contribution in [1.29, 1.82) is 0 Å². The van der Waals surface area contributed by atoms with E-state index in [1.165, 1.54) is 24.5 Å². The van der Waals surface area contributed by atoms with Gasteiger partial charge in [-0.05, 0) is 12.1 Å². The van der Waals surface area contributed by atoms with Crippen LogP contribution in [-0.2, 0) is 9.53 Å². The molecule has 1 atom stereocenters. The van der Waals surface area contributed by atoms with E-state index in [-0.39, 0.29) is 13.0 Å². The standard InChI is InChI=1S/C10H12N2O4/c11-8(9(13)14)3-6-16-10(15)7-1-4-12-5-2-7/h1-2,4-5,8H,3,6,11H2,(H,13,14). The van der Waals surface area contributed by atoms with E-state index in [1.54, 1.807) is 0 Å². The predicted molar refractivity (Wildman–Crippen MR) is 54.7 cm³/mol. The van der Waals surface area contributed by atoms with Crippen LogP contribution in [0.5, 0.6) is 0 Å². The fraction of sp³-hybridized carbons (Fsp3) is 0.300. The van der Waals surface area contributed by atoms with E-state index in [1.807, 2.05) is 0 Å². The Hall–Kier alpha value is -1.95. The van der Waals surface area contributed by atoms with Crippen molar-refractivity contribution in [3.8, 4) is 0 Å². The molecule has 1 unspecified atom stereocenters. The first-order valence-electron chi connectivity index (χ1n) is 4.67. The van der Waals surface area contributed by atoms with Crippen molar-refractivity contribution in [3.63, 3.8) is 0 Å². The first-order chi connectivity index (χ1) is 7.61. The second-order valence-electron chi connectivity index (χ2n) is 3.11. The highest BCUT2D eigenvalue weighted by Crippen LogP contribution is 2.00. The van der Waals surface area contributed by atoms with E-state index in [0.29, 0.717) is 5.56 Å². The topological polar surface area (TPSA) is 103 Å². The van der Waals surface area contributed by atoms with Crippen molar-refractivity contribution in [2.45, 2.75) is 12.5 Å². The highest BCUT2D eigenvalue weighted by atomic mass is 16.5. The molecule has 1 rings (SSSR count). The molecule has 1 heterocycles. The minimum absolute atomic E-state index is 0.0192. The number of carboxylic acid groups (broad SMARTS) is 1. The van der Waals surface area contributed by atoms with Gasteiger partial charge in [0.1, 0.15) is 6.04 Å². The lowest BCUT2D eigenvalue weighted by atomic mass is 10.2. The molecule has 0 radical (unpaired) electrons. The van der Waals surface area contributed by atoms with Crippen molar-refractivity contribution >= 4 is 11.9 Å². The molecule has 0 amide bonds. The molecule has 0 fully saturated rings. The Morgan fingerprint density at radius 2 is 2.06 bits per heavy atom. The zero-order valence-corrected chi connectivity index (χ0v) is 8.50. The van der Waals surface area contributed by atoms with Crippen LogP contribution in [-0.4, -0.2) is 34.7 Å². The summed E-state index contributed by atoms with van der Waals surface area (Å²) in [4.78, 5) is 25.5. The SMILES string of the molecule is NC(CCOC(=O)c1ccncc1)C(=O)O. The number of nitrogens with zero attached hydrogens (tertiary/aromatic N) is 1. The molecule has 0 aliphatic heterocycles. The summed E-state index contributed by atoms with van der Waals surface area (Å²) in [7, 11) is 0. The Balaban J connectivity index is 2.34. The van der Waals surface area contributed by atoms with Crippen molar-refractivity contribution in [3.05, 3.63) is 30.1 Å². The molecule has 1 aromatic rings. The number of carbonyl (C=O) groups excluding carboxylic acids is 1. The smallest absolute Gasteiger partial charge is 0.338 e. The summed E-state index contributed by atoms with van der Waals surface area (Å²) in [6.45, 7) is -0.0192. The molecule has 1 aromatic heterocycles. The van der Waals surface area contributed by atoms with Gasteiger partial charge in [-0.3, -0.25) is 9.78 Å². The predicted octanol–water partition coefficient (Wildman–Crippen LogP) is 0.0404. The van der Waals surface area contributed by atoms with Gasteiger partial charge < -0.3 is 15.6 Å². The van der Waals surface area contributed by atoms with Crippen LogP contribution in [0.2, 0.25) is 0 Å². The molecule has 0 bridgehead atoms. The van der Waals surface area contributed by atoms with E-state index >= 15 is 0 Å². The van der Waals surface area contributed by atoms with E-state index in [0.717, 1.165) is 0 Å². The minimum Gasteiger partial charge on any atom is -0.480 e. The van der Waals surface area contributed by atoms with Gasteiger partial charge in [0.2, 0.25) is 0 Å². The van der Waals surface area contributed by atoms with Crippen LogP contribution in [0.15, 0.2) is 24.5 Å². The van der Waals surface area contributed by atoms with Crippen LogP contribution in [0.3, 0.4) is 0 Å². The van der Waals surface area contributed by atoms with E-state index in [2.05, 4.69) is 4.98 Å². The highest BCUT2D eigenvalue weighted by Gasteiger charge is 2.12. The number of pyridine rings is 1. The maximum atomic E-state index is 11.4. The number of rotatable bonds is 5. The molecule has 6 nitrogen and oxygen atoms in total. The molecule has 0 saturated carbocycles. The summed E-state index contributed by atoms with van der Waals surface area (Å²) < 4.78 is 4.84. The van der Waals surface area contributed by atoms with Gasteiger partial charge in [-0.15, -0.1) is 0 Å². The zero-order chi connectivity index (χ0) is 12.0. The lowest BCUT2D eigenvalue weighted by Gasteiger charge is -2.07. The Morgan fingerprint density at radius 3 is 2.62 bits per heavy atom. The number of carboxylic acids is 1. The second kappa shape index (κ2) is 5.82. The van der Waals surface area contributed by atoms with Crippen LogP contribution in [0, 0.1) is 0 Å². The summed E-state index contributed by atoms with van der Waals surface area (Å²) >= 11 is 0. The fourth-order valence-corrected chi connectivity index (χ4v) is 0.973.